The maximum absolute atomic E-state index is 3.24. The van der Waals surface area contributed by atoms with Crippen LogP contribution in [0, 0.1) is 13.8 Å². The lowest BCUT2D eigenvalue weighted by Gasteiger charge is -2.12. The molecule has 0 radical (unpaired) electrons. The van der Waals surface area contributed by atoms with Crippen molar-refractivity contribution in [3.63, 3.8) is 0 Å². The van der Waals surface area contributed by atoms with E-state index in [1.807, 2.05) is 20.9 Å². The highest BCUT2D eigenvalue weighted by molar-refractivity contribution is 5.30. The zero-order valence-corrected chi connectivity index (χ0v) is 10.3. The molecular weight excluding hydrogens is 170 g/mol. The van der Waals surface area contributed by atoms with Crippen LogP contribution >= 0.6 is 0 Å². The van der Waals surface area contributed by atoms with Gasteiger partial charge in [0.25, 0.3) is 0 Å². The largest absolute Gasteiger partial charge is 0.313 e. The summed E-state index contributed by atoms with van der Waals surface area (Å²) in [5.41, 5.74) is 4.05. The van der Waals surface area contributed by atoms with Gasteiger partial charge in [-0.05, 0) is 33.4 Å². The molecule has 1 unspecified atom stereocenters. The first kappa shape index (κ1) is 13.2. The Morgan fingerprint density at radius 1 is 1.07 bits per heavy atom. The molecule has 0 bridgehead atoms. The Kier molecular flexibility index (Phi) is 6.22. The Morgan fingerprint density at radius 2 is 1.50 bits per heavy atom. The summed E-state index contributed by atoms with van der Waals surface area (Å²) in [4.78, 5) is 0. The van der Waals surface area contributed by atoms with Crippen LogP contribution in [0.5, 0.6) is 0 Å². The van der Waals surface area contributed by atoms with Crippen LogP contribution in [0.2, 0.25) is 0 Å². The van der Waals surface area contributed by atoms with Gasteiger partial charge in [-0.3, -0.25) is 0 Å². The third-order valence-electron chi connectivity index (χ3n) is 2.18. The number of nitrogens with one attached hydrogen (secondary N) is 1. The van der Waals surface area contributed by atoms with E-state index in [1.54, 1.807) is 0 Å². The van der Waals surface area contributed by atoms with Gasteiger partial charge in [-0.25, -0.2) is 0 Å². The van der Waals surface area contributed by atoms with Crippen molar-refractivity contribution < 1.29 is 1.43 Å². The SMILES string of the molecule is CC.CNC(C)c1cc(C)cc(C)c1.[HH]. The molecule has 0 aromatic heterocycles. The molecule has 0 heterocycles. The van der Waals surface area contributed by atoms with Crippen molar-refractivity contribution in [3.8, 4) is 0 Å². The van der Waals surface area contributed by atoms with Crippen LogP contribution in [0.25, 0.3) is 0 Å². The minimum atomic E-state index is 0. The predicted molar refractivity (Wildman–Crippen MR) is 66.9 cm³/mol. The summed E-state index contributed by atoms with van der Waals surface area (Å²) >= 11 is 0. The number of hydrogen-bond acceptors (Lipinski definition) is 1. The predicted octanol–water partition coefficient (Wildman–Crippen LogP) is 3.86. The fourth-order valence-electron chi connectivity index (χ4n) is 1.43. The van der Waals surface area contributed by atoms with Crippen molar-refractivity contribution in [3.05, 3.63) is 34.9 Å². The first-order chi connectivity index (χ1) is 6.63. The molecule has 1 aromatic rings. The minimum Gasteiger partial charge on any atom is -0.313 e. The summed E-state index contributed by atoms with van der Waals surface area (Å²) in [6.07, 6.45) is 0. The number of aryl methyl sites for hydroxylation is 2. The molecule has 0 spiro atoms. The monoisotopic (exact) mass is 195 g/mol. The van der Waals surface area contributed by atoms with Gasteiger partial charge in [0, 0.05) is 7.47 Å². The van der Waals surface area contributed by atoms with Gasteiger partial charge in [-0.2, -0.15) is 0 Å². The third kappa shape index (κ3) is 3.93. The molecule has 0 amide bonds. The van der Waals surface area contributed by atoms with E-state index < -0.39 is 0 Å². The lowest BCUT2D eigenvalue weighted by Crippen LogP contribution is -2.12. The fraction of sp³-hybridized carbons (Fsp3) is 0.538. The van der Waals surface area contributed by atoms with Crippen molar-refractivity contribution in [2.45, 2.75) is 40.7 Å². The number of benzene rings is 1. The molecule has 82 valence electrons. The molecule has 0 aliphatic carbocycles. The van der Waals surface area contributed by atoms with Crippen LogP contribution in [0.3, 0.4) is 0 Å². The number of hydrogen-bond donors (Lipinski definition) is 1. The van der Waals surface area contributed by atoms with Gasteiger partial charge in [0.15, 0.2) is 0 Å². The van der Waals surface area contributed by atoms with Gasteiger partial charge in [0.05, 0.1) is 0 Å². The summed E-state index contributed by atoms with van der Waals surface area (Å²) in [6, 6.07) is 7.11. The van der Waals surface area contributed by atoms with Gasteiger partial charge in [-0.1, -0.05) is 43.2 Å². The van der Waals surface area contributed by atoms with E-state index in [0.29, 0.717) is 6.04 Å². The lowest BCUT2D eigenvalue weighted by atomic mass is 10.0. The molecule has 1 nitrogen and oxygen atoms in total. The summed E-state index contributed by atoms with van der Waals surface area (Å²) in [6.45, 7) is 10.5. The molecule has 0 aliphatic rings. The quantitative estimate of drug-likeness (QED) is 0.755. The summed E-state index contributed by atoms with van der Waals surface area (Å²) < 4.78 is 0. The van der Waals surface area contributed by atoms with E-state index in [9.17, 15) is 0 Å². The molecule has 1 N–H and O–H groups in total. The molecule has 0 aliphatic heterocycles. The zero-order valence-electron chi connectivity index (χ0n) is 10.3. The zero-order chi connectivity index (χ0) is 11.1. The second-order valence-corrected chi connectivity index (χ2v) is 3.43. The molecule has 14 heavy (non-hydrogen) atoms. The first-order valence-electron chi connectivity index (χ1n) is 5.39. The van der Waals surface area contributed by atoms with Gasteiger partial charge in [0.2, 0.25) is 0 Å². The van der Waals surface area contributed by atoms with Crippen LogP contribution in [0.15, 0.2) is 18.2 Å². The van der Waals surface area contributed by atoms with Crippen LogP contribution in [-0.2, 0) is 0 Å². The van der Waals surface area contributed by atoms with Crippen molar-refractivity contribution in [1.82, 2.24) is 5.32 Å². The van der Waals surface area contributed by atoms with Gasteiger partial charge in [-0.15, -0.1) is 0 Å². The second-order valence-electron chi connectivity index (χ2n) is 3.43. The highest BCUT2D eigenvalue weighted by Gasteiger charge is 2.02. The standard InChI is InChI=1S/C11H17N.C2H6.H2/c1-8-5-9(2)7-11(6-8)10(3)12-4;1-2;/h5-7,10,12H,1-4H3;1-2H3;1H. The van der Waals surface area contributed by atoms with E-state index in [1.165, 1.54) is 16.7 Å². The third-order valence-corrected chi connectivity index (χ3v) is 2.18. The van der Waals surface area contributed by atoms with E-state index in [4.69, 9.17) is 0 Å². The summed E-state index contributed by atoms with van der Waals surface area (Å²) in [5, 5.41) is 3.24. The fourth-order valence-corrected chi connectivity index (χ4v) is 1.43. The molecule has 0 saturated carbocycles. The Bertz CT molecular complexity index is 251. The molecular formula is C13H25N. The second kappa shape index (κ2) is 6.61. The average Bonchev–Trinajstić information content (AvgIpc) is 2.18. The van der Waals surface area contributed by atoms with Crippen molar-refractivity contribution in [2.24, 2.45) is 0 Å². The molecule has 0 saturated heterocycles. The molecule has 1 aromatic carbocycles. The maximum Gasteiger partial charge on any atom is 0.0289 e. The van der Waals surface area contributed by atoms with E-state index in [0.717, 1.165) is 0 Å². The highest BCUT2D eigenvalue weighted by atomic mass is 14.8. The van der Waals surface area contributed by atoms with Crippen LogP contribution in [0.1, 0.15) is 44.9 Å². The Morgan fingerprint density at radius 3 is 1.86 bits per heavy atom. The van der Waals surface area contributed by atoms with E-state index >= 15 is 0 Å². The molecule has 1 atom stereocenters. The normalized spacial score (nSPS) is 11.6. The van der Waals surface area contributed by atoms with E-state index in [2.05, 4.69) is 44.3 Å². The molecule has 1 rings (SSSR count). The molecule has 1 heteroatoms. The van der Waals surface area contributed by atoms with Gasteiger partial charge >= 0.3 is 0 Å². The smallest absolute Gasteiger partial charge is 0.0289 e. The minimum absolute atomic E-state index is 0. The maximum atomic E-state index is 3.24. The Balaban J connectivity index is 0. The van der Waals surface area contributed by atoms with Crippen molar-refractivity contribution in [1.29, 1.82) is 0 Å². The Labute approximate surface area is 90.0 Å². The Hall–Kier alpha value is -0.820. The van der Waals surface area contributed by atoms with Crippen LogP contribution in [-0.4, -0.2) is 7.05 Å². The average molecular weight is 195 g/mol. The summed E-state index contributed by atoms with van der Waals surface area (Å²) in [7, 11) is 1.99. The van der Waals surface area contributed by atoms with Gasteiger partial charge < -0.3 is 5.32 Å². The van der Waals surface area contributed by atoms with Crippen molar-refractivity contribution in [2.75, 3.05) is 7.05 Å². The highest BCUT2D eigenvalue weighted by Crippen LogP contribution is 2.15. The summed E-state index contributed by atoms with van der Waals surface area (Å²) in [5.74, 6) is 0. The molecule has 0 fully saturated rings. The first-order valence-corrected chi connectivity index (χ1v) is 5.39. The van der Waals surface area contributed by atoms with E-state index in [-0.39, 0.29) is 1.43 Å². The topological polar surface area (TPSA) is 12.0 Å². The van der Waals surface area contributed by atoms with Gasteiger partial charge in [0.1, 0.15) is 0 Å². The number of rotatable bonds is 2. The van der Waals surface area contributed by atoms with Crippen molar-refractivity contribution >= 4 is 0 Å². The lowest BCUT2D eigenvalue weighted by molar-refractivity contribution is 0.651. The van der Waals surface area contributed by atoms with Crippen LogP contribution < -0.4 is 5.32 Å². The van der Waals surface area contributed by atoms with Crippen LogP contribution in [0.4, 0.5) is 0 Å².